The Hall–Kier alpha value is -0.630. The number of carbonyl (C=O) groups is 1. The van der Waals surface area contributed by atoms with Crippen LogP contribution in [0, 0.1) is 6.92 Å². The van der Waals surface area contributed by atoms with E-state index in [9.17, 15) is 4.79 Å². The van der Waals surface area contributed by atoms with Gasteiger partial charge < -0.3 is 0 Å². The molecule has 0 aliphatic heterocycles. The summed E-state index contributed by atoms with van der Waals surface area (Å²) >= 11 is 3.44. The van der Waals surface area contributed by atoms with Crippen LogP contribution in [0.15, 0.2) is 22.7 Å². The summed E-state index contributed by atoms with van der Waals surface area (Å²) in [7, 11) is 0. The van der Waals surface area contributed by atoms with Crippen molar-refractivity contribution in [2.75, 3.05) is 0 Å². The molecule has 0 N–H and O–H groups in total. The smallest absolute Gasteiger partial charge is 0.164 e. The molecule has 0 aromatic heterocycles. The molecule has 0 saturated heterocycles. The molecule has 0 unspecified atom stereocenters. The van der Waals surface area contributed by atoms with Gasteiger partial charge in [0.2, 0.25) is 0 Å². The number of hydrogen-bond donors (Lipinski definition) is 0. The standard InChI is InChI=1S/C13H17BrO/c1-3-4-5-6-13(15)11-8-7-10(2)9-12(11)14/h7-9H,3-6H2,1-2H3. The first-order chi connectivity index (χ1) is 7.15. The summed E-state index contributed by atoms with van der Waals surface area (Å²) in [5.74, 6) is 0.246. The van der Waals surface area contributed by atoms with E-state index in [4.69, 9.17) is 0 Å². The quantitative estimate of drug-likeness (QED) is 0.567. The fraction of sp³-hybridized carbons (Fsp3) is 0.462. The van der Waals surface area contributed by atoms with Crippen LogP contribution >= 0.6 is 15.9 Å². The van der Waals surface area contributed by atoms with Gasteiger partial charge in [-0.05, 0) is 25.0 Å². The molecule has 0 radical (unpaired) electrons. The van der Waals surface area contributed by atoms with Crippen molar-refractivity contribution in [2.45, 2.75) is 39.5 Å². The molecular weight excluding hydrogens is 252 g/mol. The van der Waals surface area contributed by atoms with Crippen LogP contribution in [0.25, 0.3) is 0 Å². The SMILES string of the molecule is CCCCCC(=O)c1ccc(C)cc1Br. The summed E-state index contributed by atoms with van der Waals surface area (Å²) in [6.45, 7) is 4.17. The lowest BCUT2D eigenvalue weighted by atomic mass is 10.0. The van der Waals surface area contributed by atoms with Crippen molar-refractivity contribution in [1.29, 1.82) is 0 Å². The molecule has 1 rings (SSSR count). The first kappa shape index (κ1) is 12.4. The molecule has 2 heteroatoms. The van der Waals surface area contributed by atoms with E-state index in [1.165, 1.54) is 5.56 Å². The first-order valence-corrected chi connectivity index (χ1v) is 6.23. The second kappa shape index (κ2) is 6.06. The maximum Gasteiger partial charge on any atom is 0.164 e. The first-order valence-electron chi connectivity index (χ1n) is 5.44. The van der Waals surface area contributed by atoms with Gasteiger partial charge in [0.05, 0.1) is 0 Å². The summed E-state index contributed by atoms with van der Waals surface area (Å²) in [6.07, 6.45) is 3.95. The zero-order chi connectivity index (χ0) is 11.3. The number of aryl methyl sites for hydroxylation is 1. The van der Waals surface area contributed by atoms with Gasteiger partial charge >= 0.3 is 0 Å². The fourth-order valence-electron chi connectivity index (χ4n) is 1.52. The van der Waals surface area contributed by atoms with Crippen LogP contribution < -0.4 is 0 Å². The van der Waals surface area contributed by atoms with Crippen molar-refractivity contribution in [3.63, 3.8) is 0 Å². The van der Waals surface area contributed by atoms with E-state index in [1.54, 1.807) is 0 Å². The Balaban J connectivity index is 2.65. The molecule has 0 amide bonds. The number of hydrogen-bond acceptors (Lipinski definition) is 1. The summed E-state index contributed by atoms with van der Waals surface area (Å²) in [5.41, 5.74) is 1.99. The Morgan fingerprint density at radius 3 is 2.67 bits per heavy atom. The van der Waals surface area contributed by atoms with Crippen LogP contribution in [0.2, 0.25) is 0 Å². The third-order valence-electron chi connectivity index (χ3n) is 2.43. The maximum atomic E-state index is 11.8. The lowest BCUT2D eigenvalue weighted by molar-refractivity contribution is 0.0978. The predicted octanol–water partition coefficient (Wildman–Crippen LogP) is 4.52. The molecule has 1 nitrogen and oxygen atoms in total. The van der Waals surface area contributed by atoms with Crippen LogP contribution in [0.4, 0.5) is 0 Å². The van der Waals surface area contributed by atoms with E-state index in [0.717, 1.165) is 29.3 Å². The van der Waals surface area contributed by atoms with Gasteiger partial charge in [-0.2, -0.15) is 0 Å². The molecule has 1 aromatic rings. The van der Waals surface area contributed by atoms with Gasteiger partial charge in [-0.15, -0.1) is 0 Å². The van der Waals surface area contributed by atoms with Crippen molar-refractivity contribution in [3.8, 4) is 0 Å². The van der Waals surface area contributed by atoms with Gasteiger partial charge in [-0.25, -0.2) is 0 Å². The third-order valence-corrected chi connectivity index (χ3v) is 3.09. The van der Waals surface area contributed by atoms with Crippen LogP contribution in [0.3, 0.4) is 0 Å². The minimum atomic E-state index is 0.246. The Kier molecular flexibility index (Phi) is 5.03. The zero-order valence-corrected chi connectivity index (χ0v) is 10.9. The van der Waals surface area contributed by atoms with E-state index in [2.05, 4.69) is 22.9 Å². The van der Waals surface area contributed by atoms with E-state index < -0.39 is 0 Å². The highest BCUT2D eigenvalue weighted by atomic mass is 79.9. The number of unbranched alkanes of at least 4 members (excludes halogenated alkanes) is 2. The van der Waals surface area contributed by atoms with Crippen molar-refractivity contribution < 1.29 is 4.79 Å². The number of halogens is 1. The van der Waals surface area contributed by atoms with Crippen LogP contribution in [0.1, 0.15) is 48.5 Å². The molecule has 1 aromatic carbocycles. The second-order valence-electron chi connectivity index (χ2n) is 3.86. The fourth-order valence-corrected chi connectivity index (χ4v) is 2.23. The molecular formula is C13H17BrO. The van der Waals surface area contributed by atoms with Crippen molar-refractivity contribution in [2.24, 2.45) is 0 Å². The summed E-state index contributed by atoms with van der Waals surface area (Å²) in [5, 5.41) is 0. The molecule has 82 valence electrons. The van der Waals surface area contributed by atoms with Crippen molar-refractivity contribution >= 4 is 21.7 Å². The van der Waals surface area contributed by atoms with Crippen molar-refractivity contribution in [3.05, 3.63) is 33.8 Å². The normalized spacial score (nSPS) is 10.3. The van der Waals surface area contributed by atoms with Crippen LogP contribution in [-0.2, 0) is 0 Å². The van der Waals surface area contributed by atoms with Gasteiger partial charge in [-0.3, -0.25) is 4.79 Å². The molecule has 0 bridgehead atoms. The molecule has 0 atom stereocenters. The Morgan fingerprint density at radius 1 is 1.33 bits per heavy atom. The molecule has 0 heterocycles. The third kappa shape index (κ3) is 3.78. The largest absolute Gasteiger partial charge is 0.294 e. The van der Waals surface area contributed by atoms with E-state index in [0.29, 0.717) is 6.42 Å². The molecule has 0 saturated carbocycles. The van der Waals surface area contributed by atoms with Gasteiger partial charge in [0.15, 0.2) is 5.78 Å². The number of carbonyl (C=O) groups excluding carboxylic acids is 1. The van der Waals surface area contributed by atoms with Gasteiger partial charge in [0, 0.05) is 16.5 Å². The van der Waals surface area contributed by atoms with Gasteiger partial charge in [0.25, 0.3) is 0 Å². The maximum absolute atomic E-state index is 11.8. The minimum absolute atomic E-state index is 0.246. The number of benzene rings is 1. The highest BCUT2D eigenvalue weighted by Gasteiger charge is 2.09. The topological polar surface area (TPSA) is 17.1 Å². The number of rotatable bonds is 5. The second-order valence-corrected chi connectivity index (χ2v) is 4.72. The Bertz CT molecular complexity index is 344. The molecule has 0 fully saturated rings. The summed E-state index contributed by atoms with van der Waals surface area (Å²) < 4.78 is 0.920. The lowest BCUT2D eigenvalue weighted by Crippen LogP contribution is -2.00. The average molecular weight is 269 g/mol. The molecule has 0 spiro atoms. The van der Waals surface area contributed by atoms with Crippen LogP contribution in [0.5, 0.6) is 0 Å². The Labute approximate surface area is 100 Å². The number of ketones is 1. The van der Waals surface area contributed by atoms with Gasteiger partial charge in [0.1, 0.15) is 0 Å². The highest BCUT2D eigenvalue weighted by Crippen LogP contribution is 2.20. The van der Waals surface area contributed by atoms with Crippen molar-refractivity contribution in [1.82, 2.24) is 0 Å². The van der Waals surface area contributed by atoms with E-state index >= 15 is 0 Å². The zero-order valence-electron chi connectivity index (χ0n) is 9.35. The molecule has 0 aliphatic carbocycles. The lowest BCUT2D eigenvalue weighted by Gasteiger charge is -2.04. The Morgan fingerprint density at radius 2 is 2.07 bits per heavy atom. The summed E-state index contributed by atoms with van der Waals surface area (Å²) in [6, 6.07) is 5.89. The monoisotopic (exact) mass is 268 g/mol. The predicted molar refractivity (Wildman–Crippen MR) is 67.4 cm³/mol. The van der Waals surface area contributed by atoms with E-state index in [1.807, 2.05) is 25.1 Å². The van der Waals surface area contributed by atoms with Crippen LogP contribution in [-0.4, -0.2) is 5.78 Å². The molecule has 15 heavy (non-hydrogen) atoms. The minimum Gasteiger partial charge on any atom is -0.294 e. The van der Waals surface area contributed by atoms with E-state index in [-0.39, 0.29) is 5.78 Å². The number of Topliss-reactive ketones (excluding diaryl/α,β-unsaturated/α-hetero) is 1. The average Bonchev–Trinajstić information content (AvgIpc) is 2.17. The molecule has 0 aliphatic rings. The summed E-state index contributed by atoms with van der Waals surface area (Å²) in [4.78, 5) is 11.8. The highest BCUT2D eigenvalue weighted by molar-refractivity contribution is 9.10. The van der Waals surface area contributed by atoms with Gasteiger partial charge in [-0.1, -0.05) is 47.8 Å².